The fraction of sp³-hybridized carbons (Fsp3) is 0.250. The van der Waals surface area contributed by atoms with Gasteiger partial charge in [-0.1, -0.05) is 27.2 Å². The first-order chi connectivity index (χ1) is 14.0. The van der Waals surface area contributed by atoms with Gasteiger partial charge in [-0.3, -0.25) is 4.79 Å². The Morgan fingerprint density at radius 3 is 3.03 bits per heavy atom. The van der Waals surface area contributed by atoms with Crippen LogP contribution in [0, 0.1) is 12.7 Å². The van der Waals surface area contributed by atoms with Crippen LogP contribution in [0.25, 0.3) is 5.69 Å². The maximum atomic E-state index is 13.8. The molecule has 0 saturated heterocycles. The number of nitrogens with one attached hydrogen (secondary N) is 1. The Morgan fingerprint density at radius 1 is 1.34 bits per heavy atom. The van der Waals surface area contributed by atoms with E-state index >= 15 is 0 Å². The quantitative estimate of drug-likeness (QED) is 0.631. The molecule has 1 aliphatic heterocycles. The van der Waals surface area contributed by atoms with Crippen molar-refractivity contribution < 1.29 is 18.7 Å². The third-order valence-electron chi connectivity index (χ3n) is 4.59. The molecule has 0 radical (unpaired) electrons. The van der Waals surface area contributed by atoms with E-state index in [9.17, 15) is 9.18 Å². The van der Waals surface area contributed by atoms with Crippen molar-refractivity contribution in [1.82, 2.24) is 20.3 Å². The Kier molecular flexibility index (Phi) is 5.59. The van der Waals surface area contributed by atoms with Gasteiger partial charge in [0.1, 0.15) is 11.6 Å². The van der Waals surface area contributed by atoms with E-state index in [4.69, 9.17) is 9.47 Å². The van der Waals surface area contributed by atoms with E-state index in [2.05, 4.69) is 31.6 Å². The summed E-state index contributed by atoms with van der Waals surface area (Å²) in [6, 6.07) is 10.4. The fourth-order valence-corrected chi connectivity index (χ4v) is 3.62. The lowest BCUT2D eigenvalue weighted by molar-refractivity contribution is -0.0172. The predicted octanol–water partition coefficient (Wildman–Crippen LogP) is 3.32. The van der Waals surface area contributed by atoms with Crippen molar-refractivity contribution in [2.75, 3.05) is 13.3 Å². The molecule has 0 unspecified atom stereocenters. The van der Waals surface area contributed by atoms with Crippen LogP contribution < -0.4 is 10.1 Å². The number of rotatable bonds is 5. The number of fused-ring (bicyclic) bond motifs is 1. The summed E-state index contributed by atoms with van der Waals surface area (Å²) in [7, 11) is 0. The smallest absolute Gasteiger partial charge is 0.273 e. The first kappa shape index (κ1) is 19.5. The standard InChI is InChI=1S/C20H18BrFN4O3/c1-12-18(24-25-26(12)17-4-2-3-15(21)9-17)20(27)23-6-5-13-7-16(22)8-14-10-28-11-29-19(13)14/h2-4,7-9H,5-6,10-11H2,1H3,(H,23,27). The highest BCUT2D eigenvalue weighted by atomic mass is 79.9. The van der Waals surface area contributed by atoms with Crippen LogP contribution >= 0.6 is 15.9 Å². The first-order valence-corrected chi connectivity index (χ1v) is 9.80. The number of halogens is 2. The number of nitrogens with zero attached hydrogens (tertiary/aromatic N) is 3. The van der Waals surface area contributed by atoms with Crippen molar-refractivity contribution in [2.45, 2.75) is 20.0 Å². The van der Waals surface area contributed by atoms with Gasteiger partial charge in [-0.15, -0.1) is 5.10 Å². The Labute approximate surface area is 174 Å². The lowest BCUT2D eigenvalue weighted by Gasteiger charge is -2.20. The van der Waals surface area contributed by atoms with Crippen LogP contribution in [0.1, 0.15) is 27.3 Å². The van der Waals surface area contributed by atoms with E-state index in [1.807, 2.05) is 24.3 Å². The molecule has 4 rings (SSSR count). The maximum Gasteiger partial charge on any atom is 0.273 e. The zero-order chi connectivity index (χ0) is 20.4. The van der Waals surface area contributed by atoms with Crippen LogP contribution in [0.15, 0.2) is 40.9 Å². The fourth-order valence-electron chi connectivity index (χ4n) is 3.23. The minimum absolute atomic E-state index is 0.135. The van der Waals surface area contributed by atoms with Crippen LogP contribution in [0.4, 0.5) is 4.39 Å². The number of carbonyl (C=O) groups excluding carboxylic acids is 1. The van der Waals surface area contributed by atoms with Crippen molar-refractivity contribution in [3.05, 3.63) is 69.2 Å². The Morgan fingerprint density at radius 2 is 2.21 bits per heavy atom. The van der Waals surface area contributed by atoms with E-state index in [0.29, 0.717) is 42.1 Å². The lowest BCUT2D eigenvalue weighted by Crippen LogP contribution is -2.27. The number of aromatic nitrogens is 3. The maximum absolute atomic E-state index is 13.8. The van der Waals surface area contributed by atoms with Crippen molar-refractivity contribution in [2.24, 2.45) is 0 Å². The molecule has 1 amide bonds. The van der Waals surface area contributed by atoms with Crippen molar-refractivity contribution in [3.8, 4) is 11.4 Å². The number of hydrogen-bond acceptors (Lipinski definition) is 5. The van der Waals surface area contributed by atoms with E-state index < -0.39 is 0 Å². The average Bonchev–Trinajstić information content (AvgIpc) is 3.09. The number of hydrogen-bond donors (Lipinski definition) is 1. The van der Waals surface area contributed by atoms with Gasteiger partial charge in [0, 0.05) is 16.6 Å². The number of amides is 1. The van der Waals surface area contributed by atoms with Gasteiger partial charge in [0.05, 0.1) is 18.0 Å². The van der Waals surface area contributed by atoms with Crippen LogP contribution in [0.5, 0.6) is 5.75 Å². The SMILES string of the molecule is Cc1c(C(=O)NCCc2cc(F)cc3c2OCOC3)nnn1-c1cccc(Br)c1. The second kappa shape index (κ2) is 8.30. The molecule has 9 heteroatoms. The normalized spacial score (nSPS) is 12.9. The molecule has 0 spiro atoms. The van der Waals surface area contributed by atoms with Gasteiger partial charge in [0.25, 0.3) is 5.91 Å². The van der Waals surface area contributed by atoms with Crippen molar-refractivity contribution >= 4 is 21.8 Å². The molecule has 150 valence electrons. The zero-order valence-corrected chi connectivity index (χ0v) is 17.2. The summed E-state index contributed by atoms with van der Waals surface area (Å²) in [6.07, 6.45) is 0.421. The van der Waals surface area contributed by atoms with Gasteiger partial charge in [-0.05, 0) is 49.2 Å². The first-order valence-electron chi connectivity index (χ1n) is 9.01. The van der Waals surface area contributed by atoms with Crippen molar-refractivity contribution in [1.29, 1.82) is 0 Å². The molecule has 2 heterocycles. The van der Waals surface area contributed by atoms with Crippen LogP contribution in [0.3, 0.4) is 0 Å². The summed E-state index contributed by atoms with van der Waals surface area (Å²) in [4.78, 5) is 12.6. The highest BCUT2D eigenvalue weighted by Crippen LogP contribution is 2.29. The van der Waals surface area contributed by atoms with Gasteiger partial charge < -0.3 is 14.8 Å². The summed E-state index contributed by atoms with van der Waals surface area (Å²) in [5.41, 5.74) is 3.04. The Hall–Kier alpha value is -2.78. The van der Waals surface area contributed by atoms with Crippen molar-refractivity contribution in [3.63, 3.8) is 0 Å². The second-order valence-electron chi connectivity index (χ2n) is 6.58. The Balaban J connectivity index is 1.44. The molecule has 0 aliphatic carbocycles. The van der Waals surface area contributed by atoms with E-state index in [0.717, 1.165) is 10.2 Å². The molecule has 7 nitrogen and oxygen atoms in total. The molecular weight excluding hydrogens is 443 g/mol. The average molecular weight is 461 g/mol. The monoisotopic (exact) mass is 460 g/mol. The van der Waals surface area contributed by atoms with Crippen LogP contribution in [-0.2, 0) is 17.8 Å². The van der Waals surface area contributed by atoms with Gasteiger partial charge in [-0.25, -0.2) is 9.07 Å². The molecule has 0 saturated carbocycles. The van der Waals surface area contributed by atoms with Gasteiger partial charge in [0.2, 0.25) is 0 Å². The number of ether oxygens (including phenoxy) is 2. The zero-order valence-electron chi connectivity index (χ0n) is 15.6. The third kappa shape index (κ3) is 4.15. The molecule has 0 bridgehead atoms. The summed E-state index contributed by atoms with van der Waals surface area (Å²) in [5.74, 6) is -0.0612. The highest BCUT2D eigenvalue weighted by molar-refractivity contribution is 9.10. The molecule has 2 aromatic carbocycles. The topological polar surface area (TPSA) is 78.3 Å². The molecule has 1 aliphatic rings. The van der Waals surface area contributed by atoms with Gasteiger partial charge in [-0.2, -0.15) is 0 Å². The lowest BCUT2D eigenvalue weighted by atomic mass is 10.1. The molecule has 1 aromatic heterocycles. The molecule has 0 fully saturated rings. The van der Waals surface area contributed by atoms with E-state index in [1.165, 1.54) is 12.1 Å². The number of benzene rings is 2. The van der Waals surface area contributed by atoms with Gasteiger partial charge >= 0.3 is 0 Å². The molecule has 3 aromatic rings. The van der Waals surface area contributed by atoms with Crippen LogP contribution in [0.2, 0.25) is 0 Å². The second-order valence-corrected chi connectivity index (χ2v) is 7.50. The third-order valence-corrected chi connectivity index (χ3v) is 5.09. The minimum atomic E-state index is -0.355. The number of carbonyl (C=O) groups is 1. The minimum Gasteiger partial charge on any atom is -0.467 e. The molecule has 0 atom stereocenters. The molecule has 1 N–H and O–H groups in total. The summed E-state index contributed by atoms with van der Waals surface area (Å²) in [6.45, 7) is 2.54. The van der Waals surface area contributed by atoms with E-state index in [1.54, 1.807) is 11.6 Å². The van der Waals surface area contributed by atoms with E-state index in [-0.39, 0.29) is 24.2 Å². The van der Waals surface area contributed by atoms with Gasteiger partial charge in [0.15, 0.2) is 12.5 Å². The summed E-state index contributed by atoms with van der Waals surface area (Å²) >= 11 is 3.42. The largest absolute Gasteiger partial charge is 0.467 e. The molecular formula is C20H18BrFN4O3. The highest BCUT2D eigenvalue weighted by Gasteiger charge is 2.19. The predicted molar refractivity (Wildman–Crippen MR) is 107 cm³/mol. The Bertz CT molecular complexity index is 1070. The molecule has 29 heavy (non-hydrogen) atoms. The summed E-state index contributed by atoms with van der Waals surface area (Å²) in [5, 5.41) is 10.9. The van der Waals surface area contributed by atoms with Crippen LogP contribution in [-0.4, -0.2) is 34.2 Å². The summed E-state index contributed by atoms with van der Waals surface area (Å²) < 4.78 is 27.0.